The fraction of sp³-hybridized carbons (Fsp3) is 0.889. The van der Waals surface area contributed by atoms with Crippen LogP contribution < -0.4 is 0 Å². The van der Waals surface area contributed by atoms with E-state index in [4.69, 9.17) is 4.55 Å². The average molecular weight is 326 g/mol. The second-order valence-electron chi connectivity index (χ2n) is 3.83. The highest BCUT2D eigenvalue weighted by atomic mass is 32.2. The molecule has 0 aromatic rings. The Morgan fingerprint density at radius 1 is 1.25 bits per heavy atom. The Morgan fingerprint density at radius 3 is 2.15 bits per heavy atom. The predicted molar refractivity (Wildman–Crippen MR) is 57.8 cm³/mol. The third-order valence-corrected chi connectivity index (χ3v) is 3.17. The van der Waals surface area contributed by atoms with Crippen LogP contribution >= 0.6 is 0 Å². The molecule has 0 radical (unpaired) electrons. The van der Waals surface area contributed by atoms with Crippen molar-refractivity contribution in [2.75, 3.05) is 13.2 Å². The van der Waals surface area contributed by atoms with Gasteiger partial charge in [0.25, 0.3) is 0 Å². The van der Waals surface area contributed by atoms with Crippen LogP contribution in [0.1, 0.15) is 20.3 Å². The van der Waals surface area contributed by atoms with Crippen LogP contribution in [-0.4, -0.2) is 43.5 Å². The molecule has 0 heterocycles. The van der Waals surface area contributed by atoms with Gasteiger partial charge in [-0.25, -0.2) is 0 Å². The summed E-state index contributed by atoms with van der Waals surface area (Å²) >= 11 is 0. The van der Waals surface area contributed by atoms with E-state index in [0.717, 1.165) is 0 Å². The molecule has 11 heteroatoms. The smallest absolute Gasteiger partial charge is 0.459 e. The number of carbonyl (C=O) groups is 1. The fourth-order valence-electron chi connectivity index (χ4n) is 0.855. The van der Waals surface area contributed by atoms with Crippen molar-refractivity contribution in [3.05, 3.63) is 0 Å². The Morgan fingerprint density at radius 2 is 1.75 bits per heavy atom. The summed E-state index contributed by atoms with van der Waals surface area (Å²) in [4.78, 5) is 11.1. The van der Waals surface area contributed by atoms with E-state index in [1.807, 2.05) is 0 Å². The second-order valence-corrected chi connectivity index (χ2v) is 5.30. The van der Waals surface area contributed by atoms with Gasteiger partial charge in [-0.1, -0.05) is 13.8 Å². The van der Waals surface area contributed by atoms with Crippen molar-refractivity contribution in [2.45, 2.75) is 31.6 Å². The van der Waals surface area contributed by atoms with E-state index in [0.29, 0.717) is 6.42 Å². The standard InChI is InChI=1S/C9H14F4O6S/c1-3-6(2)7(14)18-4-5-19-8(10,11)9(12,13)20(15,16)17/h6H,3-5H2,1-2H3,(H,15,16,17). The number of rotatable bonds is 8. The molecule has 0 spiro atoms. The second kappa shape index (κ2) is 6.68. The van der Waals surface area contributed by atoms with Gasteiger partial charge in [0, 0.05) is 0 Å². The molecule has 1 atom stereocenters. The Hall–Kier alpha value is -0.940. The van der Waals surface area contributed by atoms with Crippen molar-refractivity contribution in [3.63, 3.8) is 0 Å². The lowest BCUT2D eigenvalue weighted by Gasteiger charge is -2.23. The molecular weight excluding hydrogens is 312 g/mol. The highest BCUT2D eigenvalue weighted by Gasteiger charge is 2.67. The van der Waals surface area contributed by atoms with Gasteiger partial charge in [-0.2, -0.15) is 26.0 Å². The molecule has 120 valence electrons. The summed E-state index contributed by atoms with van der Waals surface area (Å²) in [6.45, 7) is 1.24. The quantitative estimate of drug-likeness (QED) is 0.316. The lowest BCUT2D eigenvalue weighted by molar-refractivity contribution is -0.320. The molecule has 0 saturated carbocycles. The molecule has 0 bridgehead atoms. The van der Waals surface area contributed by atoms with Gasteiger partial charge < -0.3 is 9.47 Å². The maximum absolute atomic E-state index is 12.8. The van der Waals surface area contributed by atoms with Crippen LogP contribution in [0.3, 0.4) is 0 Å². The van der Waals surface area contributed by atoms with Crippen molar-refractivity contribution in [2.24, 2.45) is 5.92 Å². The van der Waals surface area contributed by atoms with Gasteiger partial charge in [-0.15, -0.1) is 0 Å². The summed E-state index contributed by atoms with van der Waals surface area (Å²) in [6, 6.07) is 0. The SMILES string of the molecule is CCC(C)C(=O)OCCOC(F)(F)C(F)(F)S(=O)(=O)O. The van der Waals surface area contributed by atoms with Crippen LogP contribution in [-0.2, 0) is 24.4 Å². The van der Waals surface area contributed by atoms with Crippen molar-refractivity contribution in [1.29, 1.82) is 0 Å². The Labute approximate surface area is 112 Å². The average Bonchev–Trinajstić information content (AvgIpc) is 2.31. The molecular formula is C9H14F4O6S. The van der Waals surface area contributed by atoms with E-state index in [1.54, 1.807) is 6.92 Å². The summed E-state index contributed by atoms with van der Waals surface area (Å²) in [5, 5.41) is -5.80. The maximum atomic E-state index is 12.8. The topological polar surface area (TPSA) is 89.9 Å². The normalized spacial score (nSPS) is 14.9. The van der Waals surface area contributed by atoms with Gasteiger partial charge in [-0.3, -0.25) is 9.35 Å². The van der Waals surface area contributed by atoms with E-state index in [9.17, 15) is 30.8 Å². The molecule has 1 unspecified atom stereocenters. The van der Waals surface area contributed by atoms with E-state index < -0.39 is 46.6 Å². The van der Waals surface area contributed by atoms with Crippen LogP contribution in [0.4, 0.5) is 17.6 Å². The van der Waals surface area contributed by atoms with Gasteiger partial charge in [0.15, 0.2) is 0 Å². The van der Waals surface area contributed by atoms with Gasteiger partial charge in [0.05, 0.1) is 12.5 Å². The van der Waals surface area contributed by atoms with Crippen molar-refractivity contribution in [1.82, 2.24) is 0 Å². The van der Waals surface area contributed by atoms with Crippen molar-refractivity contribution >= 4 is 16.1 Å². The first-order valence-corrected chi connectivity index (χ1v) is 6.84. The summed E-state index contributed by atoms with van der Waals surface area (Å²) in [6.07, 6.45) is -5.03. The number of esters is 1. The summed E-state index contributed by atoms with van der Waals surface area (Å²) in [5.74, 6) is -1.24. The molecule has 20 heavy (non-hydrogen) atoms. The highest BCUT2D eigenvalue weighted by Crippen LogP contribution is 2.38. The molecule has 0 aromatic carbocycles. The van der Waals surface area contributed by atoms with E-state index in [-0.39, 0.29) is 0 Å². The maximum Gasteiger partial charge on any atom is 0.459 e. The molecule has 0 aromatic heterocycles. The zero-order valence-corrected chi connectivity index (χ0v) is 11.4. The van der Waals surface area contributed by atoms with Gasteiger partial charge in [0.2, 0.25) is 0 Å². The van der Waals surface area contributed by atoms with E-state index in [1.165, 1.54) is 6.92 Å². The van der Waals surface area contributed by atoms with E-state index in [2.05, 4.69) is 9.47 Å². The van der Waals surface area contributed by atoms with Crippen LogP contribution in [0.15, 0.2) is 0 Å². The summed E-state index contributed by atoms with van der Waals surface area (Å²) in [5.41, 5.74) is 0. The Bertz CT molecular complexity index is 436. The lowest BCUT2D eigenvalue weighted by Crippen LogP contribution is -2.49. The van der Waals surface area contributed by atoms with Crippen molar-refractivity contribution < 1.29 is 44.8 Å². The molecule has 0 aliphatic heterocycles. The van der Waals surface area contributed by atoms with E-state index >= 15 is 0 Å². The summed E-state index contributed by atoms with van der Waals surface area (Å²) in [7, 11) is -6.35. The number of hydrogen-bond acceptors (Lipinski definition) is 5. The molecule has 0 saturated heterocycles. The van der Waals surface area contributed by atoms with Crippen LogP contribution in [0, 0.1) is 5.92 Å². The third-order valence-electron chi connectivity index (χ3n) is 2.29. The monoisotopic (exact) mass is 326 g/mol. The van der Waals surface area contributed by atoms with Gasteiger partial charge in [-0.05, 0) is 6.42 Å². The summed E-state index contributed by atoms with van der Waals surface area (Å²) < 4.78 is 87.0. The molecule has 0 rings (SSSR count). The first kappa shape index (κ1) is 19.1. The Kier molecular flexibility index (Phi) is 6.36. The van der Waals surface area contributed by atoms with Crippen LogP contribution in [0.25, 0.3) is 0 Å². The molecule has 0 fully saturated rings. The fourth-order valence-corrected chi connectivity index (χ4v) is 1.21. The zero-order chi connectivity index (χ0) is 16.2. The Balaban J connectivity index is 4.42. The minimum atomic E-state index is -6.35. The molecule has 1 N–H and O–H groups in total. The highest BCUT2D eigenvalue weighted by molar-refractivity contribution is 7.86. The van der Waals surface area contributed by atoms with Crippen molar-refractivity contribution in [3.8, 4) is 0 Å². The number of halogens is 4. The largest absolute Gasteiger partial charge is 0.463 e. The number of carbonyl (C=O) groups excluding carboxylic acids is 1. The van der Waals surface area contributed by atoms with Gasteiger partial charge in [0.1, 0.15) is 6.61 Å². The van der Waals surface area contributed by atoms with Crippen LogP contribution in [0.5, 0.6) is 0 Å². The number of ether oxygens (including phenoxy) is 2. The molecule has 0 amide bonds. The first-order chi connectivity index (χ1) is 8.87. The lowest BCUT2D eigenvalue weighted by atomic mass is 10.1. The number of alkyl halides is 4. The molecule has 0 aliphatic rings. The molecule has 0 aliphatic carbocycles. The minimum absolute atomic E-state index is 0.427. The zero-order valence-electron chi connectivity index (χ0n) is 10.6. The molecule has 6 nitrogen and oxygen atoms in total. The first-order valence-electron chi connectivity index (χ1n) is 5.40. The van der Waals surface area contributed by atoms with Crippen LogP contribution in [0.2, 0.25) is 0 Å². The third kappa shape index (κ3) is 4.56. The number of hydrogen-bond donors (Lipinski definition) is 1. The minimum Gasteiger partial charge on any atom is -0.463 e. The van der Waals surface area contributed by atoms with Gasteiger partial charge >= 0.3 is 27.5 Å². The predicted octanol–water partition coefficient (Wildman–Crippen LogP) is 1.67.